The molecule has 0 aliphatic carbocycles. The van der Waals surface area contributed by atoms with Crippen LogP contribution in [0.5, 0.6) is 0 Å². The van der Waals surface area contributed by atoms with Gasteiger partial charge in [-0.3, -0.25) is 9.69 Å². The van der Waals surface area contributed by atoms with Crippen LogP contribution >= 0.6 is 0 Å². The van der Waals surface area contributed by atoms with Crippen molar-refractivity contribution in [1.29, 1.82) is 0 Å². The van der Waals surface area contributed by atoms with Crippen molar-refractivity contribution in [2.45, 2.75) is 46.6 Å². The zero-order valence-electron chi connectivity index (χ0n) is 13.2. The van der Waals surface area contributed by atoms with Gasteiger partial charge in [-0.1, -0.05) is 6.92 Å². The van der Waals surface area contributed by atoms with Crippen LogP contribution in [0.2, 0.25) is 0 Å². The van der Waals surface area contributed by atoms with E-state index in [1.165, 1.54) is 4.90 Å². The molecule has 1 atom stereocenters. The SMILES string of the molecule is CCOC(=O)CCN(C(=O)OCC)C(CC)C(=O)OCC. The maximum absolute atomic E-state index is 12.0. The fourth-order valence-electron chi connectivity index (χ4n) is 1.78. The van der Waals surface area contributed by atoms with Crippen LogP contribution in [0.4, 0.5) is 4.79 Å². The molecule has 21 heavy (non-hydrogen) atoms. The first-order chi connectivity index (χ1) is 10.0. The molecule has 0 aromatic heterocycles. The number of amides is 1. The molecule has 0 radical (unpaired) electrons. The summed E-state index contributed by atoms with van der Waals surface area (Å²) >= 11 is 0. The molecule has 0 saturated carbocycles. The first kappa shape index (κ1) is 19.2. The number of rotatable bonds is 9. The topological polar surface area (TPSA) is 82.1 Å². The van der Waals surface area contributed by atoms with Crippen molar-refractivity contribution in [2.24, 2.45) is 0 Å². The van der Waals surface area contributed by atoms with E-state index in [1.807, 2.05) is 0 Å². The van der Waals surface area contributed by atoms with Crippen LogP contribution in [0, 0.1) is 0 Å². The monoisotopic (exact) mass is 303 g/mol. The van der Waals surface area contributed by atoms with Gasteiger partial charge in [0.05, 0.1) is 26.2 Å². The van der Waals surface area contributed by atoms with E-state index in [2.05, 4.69) is 0 Å². The lowest BCUT2D eigenvalue weighted by atomic mass is 10.2. The number of hydrogen-bond donors (Lipinski definition) is 0. The lowest BCUT2D eigenvalue weighted by molar-refractivity contribution is -0.150. The van der Waals surface area contributed by atoms with E-state index in [0.717, 1.165) is 0 Å². The third-order valence-electron chi connectivity index (χ3n) is 2.69. The molecule has 0 aromatic rings. The van der Waals surface area contributed by atoms with Crippen LogP contribution in [0.25, 0.3) is 0 Å². The Labute approximate surface area is 125 Å². The number of ether oxygens (including phenoxy) is 3. The van der Waals surface area contributed by atoms with Crippen molar-refractivity contribution in [3.63, 3.8) is 0 Å². The van der Waals surface area contributed by atoms with Gasteiger partial charge in [0.2, 0.25) is 0 Å². The molecular weight excluding hydrogens is 278 g/mol. The molecule has 7 heteroatoms. The van der Waals surface area contributed by atoms with Crippen LogP contribution in [-0.4, -0.2) is 55.3 Å². The van der Waals surface area contributed by atoms with E-state index in [4.69, 9.17) is 14.2 Å². The van der Waals surface area contributed by atoms with Gasteiger partial charge in [-0.05, 0) is 27.2 Å². The van der Waals surface area contributed by atoms with E-state index in [1.54, 1.807) is 27.7 Å². The number of carbonyl (C=O) groups excluding carboxylic acids is 3. The van der Waals surface area contributed by atoms with E-state index in [-0.39, 0.29) is 32.8 Å². The summed E-state index contributed by atoms with van der Waals surface area (Å²) in [5.41, 5.74) is 0. The van der Waals surface area contributed by atoms with E-state index < -0.39 is 24.1 Å². The molecule has 122 valence electrons. The Morgan fingerprint density at radius 2 is 1.48 bits per heavy atom. The van der Waals surface area contributed by atoms with Gasteiger partial charge in [0.15, 0.2) is 0 Å². The second kappa shape index (κ2) is 10.9. The minimum atomic E-state index is -0.765. The van der Waals surface area contributed by atoms with E-state index in [9.17, 15) is 14.4 Å². The summed E-state index contributed by atoms with van der Waals surface area (Å²) in [6.45, 7) is 7.57. The minimum absolute atomic E-state index is 0.00254. The fourth-order valence-corrected chi connectivity index (χ4v) is 1.78. The highest BCUT2D eigenvalue weighted by atomic mass is 16.6. The highest BCUT2D eigenvalue weighted by Crippen LogP contribution is 2.10. The van der Waals surface area contributed by atoms with Gasteiger partial charge in [0.25, 0.3) is 0 Å². The van der Waals surface area contributed by atoms with Crippen molar-refractivity contribution in [2.75, 3.05) is 26.4 Å². The molecule has 0 aliphatic heterocycles. The summed E-state index contributed by atoms with van der Waals surface area (Å²) in [7, 11) is 0. The summed E-state index contributed by atoms with van der Waals surface area (Å²) in [6, 6.07) is -0.765. The quantitative estimate of drug-likeness (QED) is 0.476. The van der Waals surface area contributed by atoms with Crippen molar-refractivity contribution >= 4 is 18.0 Å². The highest BCUT2D eigenvalue weighted by molar-refractivity contribution is 5.82. The molecule has 1 amide bonds. The number of nitrogens with zero attached hydrogens (tertiary/aromatic N) is 1. The van der Waals surface area contributed by atoms with Gasteiger partial charge < -0.3 is 14.2 Å². The Kier molecular flexibility index (Phi) is 10.0. The molecular formula is C14H25NO6. The third-order valence-corrected chi connectivity index (χ3v) is 2.69. The van der Waals surface area contributed by atoms with Crippen LogP contribution in [-0.2, 0) is 23.8 Å². The molecule has 0 heterocycles. The van der Waals surface area contributed by atoms with Gasteiger partial charge in [0, 0.05) is 6.54 Å². The maximum Gasteiger partial charge on any atom is 0.410 e. The average molecular weight is 303 g/mol. The lowest BCUT2D eigenvalue weighted by Crippen LogP contribution is -2.46. The van der Waals surface area contributed by atoms with Gasteiger partial charge in [0.1, 0.15) is 6.04 Å². The Bertz CT molecular complexity index is 344. The zero-order chi connectivity index (χ0) is 16.3. The van der Waals surface area contributed by atoms with Gasteiger partial charge in [-0.15, -0.1) is 0 Å². The highest BCUT2D eigenvalue weighted by Gasteiger charge is 2.30. The second-order valence-corrected chi connectivity index (χ2v) is 4.12. The largest absolute Gasteiger partial charge is 0.466 e. The first-order valence-corrected chi connectivity index (χ1v) is 7.27. The number of esters is 2. The third kappa shape index (κ3) is 6.97. The molecule has 0 aliphatic rings. The molecule has 0 rings (SSSR count). The van der Waals surface area contributed by atoms with Crippen molar-refractivity contribution in [3.05, 3.63) is 0 Å². The predicted octanol–water partition coefficient (Wildman–Crippen LogP) is 1.74. The smallest absolute Gasteiger partial charge is 0.410 e. The van der Waals surface area contributed by atoms with Crippen molar-refractivity contribution < 1.29 is 28.6 Å². The maximum atomic E-state index is 12.0. The lowest BCUT2D eigenvalue weighted by Gasteiger charge is -2.28. The van der Waals surface area contributed by atoms with Crippen LogP contribution < -0.4 is 0 Å². The summed E-state index contributed by atoms with van der Waals surface area (Å²) in [4.78, 5) is 36.5. The Balaban J connectivity index is 4.88. The van der Waals surface area contributed by atoms with Gasteiger partial charge in [-0.25, -0.2) is 9.59 Å². The molecule has 0 fully saturated rings. The first-order valence-electron chi connectivity index (χ1n) is 7.27. The number of carbonyl (C=O) groups is 3. The molecule has 0 aromatic carbocycles. The zero-order valence-corrected chi connectivity index (χ0v) is 13.2. The Morgan fingerprint density at radius 1 is 0.905 bits per heavy atom. The summed E-state index contributed by atoms with van der Waals surface area (Å²) < 4.78 is 14.7. The minimum Gasteiger partial charge on any atom is -0.466 e. The van der Waals surface area contributed by atoms with Crippen LogP contribution in [0.15, 0.2) is 0 Å². The van der Waals surface area contributed by atoms with Crippen molar-refractivity contribution in [1.82, 2.24) is 4.90 Å². The summed E-state index contributed by atoms with van der Waals surface area (Å²) in [6.07, 6.45) is -0.259. The average Bonchev–Trinajstić information content (AvgIpc) is 2.44. The van der Waals surface area contributed by atoms with Gasteiger partial charge >= 0.3 is 18.0 Å². The standard InChI is InChI=1S/C14H25NO6/c1-5-11(13(17)20-7-3)15(14(18)21-8-4)10-9-12(16)19-6-2/h11H,5-10H2,1-4H3. The fraction of sp³-hybridized carbons (Fsp3) is 0.786. The Morgan fingerprint density at radius 3 is 1.95 bits per heavy atom. The van der Waals surface area contributed by atoms with Crippen LogP contribution in [0.3, 0.4) is 0 Å². The molecule has 0 saturated heterocycles. The normalized spacial score (nSPS) is 11.4. The molecule has 0 bridgehead atoms. The summed E-state index contributed by atoms with van der Waals surface area (Å²) in [5.74, 6) is -0.928. The van der Waals surface area contributed by atoms with Crippen LogP contribution in [0.1, 0.15) is 40.5 Å². The molecule has 7 nitrogen and oxygen atoms in total. The second-order valence-electron chi connectivity index (χ2n) is 4.12. The molecule has 0 N–H and O–H groups in total. The molecule has 1 unspecified atom stereocenters. The predicted molar refractivity (Wildman–Crippen MR) is 75.7 cm³/mol. The van der Waals surface area contributed by atoms with Gasteiger partial charge in [-0.2, -0.15) is 0 Å². The Hall–Kier alpha value is -1.79. The number of hydrogen-bond acceptors (Lipinski definition) is 6. The summed E-state index contributed by atoms with van der Waals surface area (Å²) in [5, 5.41) is 0. The van der Waals surface area contributed by atoms with E-state index >= 15 is 0 Å². The van der Waals surface area contributed by atoms with E-state index in [0.29, 0.717) is 6.42 Å². The molecule has 0 spiro atoms. The van der Waals surface area contributed by atoms with Crippen molar-refractivity contribution in [3.8, 4) is 0 Å².